The number of hydrogen-bond acceptors (Lipinski definition) is 5. The van der Waals surface area contributed by atoms with Crippen LogP contribution < -0.4 is 24.8 Å². The maximum absolute atomic E-state index is 5.68. The van der Waals surface area contributed by atoms with Crippen molar-refractivity contribution in [3.63, 3.8) is 0 Å². The van der Waals surface area contributed by atoms with Gasteiger partial charge in [0.15, 0.2) is 17.5 Å². The number of methoxy groups -OCH3 is 2. The average Bonchev–Trinajstić information content (AvgIpc) is 2.74. The fourth-order valence-electron chi connectivity index (χ4n) is 3.06. The van der Waals surface area contributed by atoms with E-state index in [0.717, 1.165) is 23.5 Å². The summed E-state index contributed by atoms with van der Waals surface area (Å²) in [6.07, 6.45) is 0. The van der Waals surface area contributed by atoms with Gasteiger partial charge in [-0.25, -0.2) is 0 Å². The zero-order valence-corrected chi connectivity index (χ0v) is 18.9. The van der Waals surface area contributed by atoms with Crippen LogP contribution in [-0.2, 0) is 0 Å². The van der Waals surface area contributed by atoms with E-state index in [1.807, 2.05) is 44.2 Å². The van der Waals surface area contributed by atoms with Gasteiger partial charge in [0, 0.05) is 18.3 Å². The van der Waals surface area contributed by atoms with Crippen LogP contribution in [0.5, 0.6) is 17.2 Å². The van der Waals surface area contributed by atoms with Crippen molar-refractivity contribution < 1.29 is 14.2 Å². The summed E-state index contributed by atoms with van der Waals surface area (Å²) in [4.78, 5) is 6.98. The molecule has 0 aliphatic carbocycles. The lowest BCUT2D eigenvalue weighted by Gasteiger charge is -2.24. The molecule has 0 saturated carbocycles. The Morgan fingerprint density at radius 3 is 2.47 bits per heavy atom. The molecule has 0 radical (unpaired) electrons. The maximum Gasteiger partial charge on any atom is 0.195 e. The van der Waals surface area contributed by atoms with E-state index in [0.29, 0.717) is 30.6 Å². The first-order valence-electron chi connectivity index (χ1n) is 10.2. The highest BCUT2D eigenvalue weighted by atomic mass is 16.5. The van der Waals surface area contributed by atoms with Crippen molar-refractivity contribution in [3.05, 3.63) is 48.0 Å². The van der Waals surface area contributed by atoms with E-state index in [4.69, 9.17) is 19.2 Å². The van der Waals surface area contributed by atoms with Crippen LogP contribution in [-0.4, -0.2) is 58.9 Å². The topological polar surface area (TPSA) is 67.4 Å². The smallest absolute Gasteiger partial charge is 0.195 e. The molecule has 2 aromatic rings. The van der Waals surface area contributed by atoms with Crippen molar-refractivity contribution in [3.8, 4) is 17.2 Å². The van der Waals surface area contributed by atoms with E-state index in [-0.39, 0.29) is 6.04 Å². The SMILES string of the molecule is CCNC(=NCC(c1cccc(OC)c1)N(C)C)Nc1ccc(OC)c(OCC)c1. The summed E-state index contributed by atoms with van der Waals surface area (Å²) in [5, 5.41) is 6.66. The minimum Gasteiger partial charge on any atom is -0.497 e. The van der Waals surface area contributed by atoms with E-state index in [2.05, 4.69) is 41.8 Å². The molecule has 1 atom stereocenters. The molecule has 0 saturated heterocycles. The third-order valence-corrected chi connectivity index (χ3v) is 4.59. The first-order valence-corrected chi connectivity index (χ1v) is 10.2. The number of nitrogens with one attached hydrogen (secondary N) is 2. The Bertz CT molecular complexity index is 824. The highest BCUT2D eigenvalue weighted by Gasteiger charge is 2.15. The van der Waals surface area contributed by atoms with Gasteiger partial charge in [-0.05, 0) is 57.8 Å². The summed E-state index contributed by atoms with van der Waals surface area (Å²) in [7, 11) is 7.42. The first-order chi connectivity index (χ1) is 14.5. The number of nitrogens with zero attached hydrogens (tertiary/aromatic N) is 2. The second-order valence-electron chi connectivity index (χ2n) is 6.90. The molecule has 30 heavy (non-hydrogen) atoms. The lowest BCUT2D eigenvalue weighted by Crippen LogP contribution is -2.32. The molecule has 7 nitrogen and oxygen atoms in total. The Hall–Kier alpha value is -2.93. The van der Waals surface area contributed by atoms with Gasteiger partial charge in [0.2, 0.25) is 0 Å². The highest BCUT2D eigenvalue weighted by Crippen LogP contribution is 2.30. The Morgan fingerprint density at radius 1 is 1.03 bits per heavy atom. The second-order valence-corrected chi connectivity index (χ2v) is 6.90. The Kier molecular flexibility index (Phi) is 9.28. The Morgan fingerprint density at radius 2 is 1.83 bits per heavy atom. The summed E-state index contributed by atoms with van der Waals surface area (Å²) in [5.41, 5.74) is 2.03. The zero-order chi connectivity index (χ0) is 21.9. The lowest BCUT2D eigenvalue weighted by molar-refractivity contribution is 0.305. The summed E-state index contributed by atoms with van der Waals surface area (Å²) in [5.74, 6) is 2.95. The molecule has 0 fully saturated rings. The Balaban J connectivity index is 2.22. The van der Waals surface area contributed by atoms with E-state index in [1.54, 1.807) is 14.2 Å². The van der Waals surface area contributed by atoms with Crippen molar-refractivity contribution >= 4 is 11.6 Å². The molecular weight excluding hydrogens is 380 g/mol. The fourth-order valence-corrected chi connectivity index (χ4v) is 3.06. The number of rotatable bonds is 10. The molecule has 2 aromatic carbocycles. The van der Waals surface area contributed by atoms with Crippen LogP contribution >= 0.6 is 0 Å². The summed E-state index contributed by atoms with van der Waals surface area (Å²) in [6.45, 7) is 5.91. The molecule has 0 aromatic heterocycles. The van der Waals surface area contributed by atoms with Gasteiger partial charge in [-0.1, -0.05) is 12.1 Å². The standard InChI is InChI=1S/C23H34N4O3/c1-7-24-23(26-18-12-13-21(29-6)22(15-18)30-8-2)25-16-20(27(3)4)17-10-9-11-19(14-17)28-5/h9-15,20H,7-8,16H2,1-6H3,(H2,24,25,26). The van der Waals surface area contributed by atoms with Gasteiger partial charge in [-0.2, -0.15) is 0 Å². The minimum absolute atomic E-state index is 0.116. The predicted molar refractivity (Wildman–Crippen MR) is 123 cm³/mol. The number of benzene rings is 2. The number of guanidine groups is 1. The normalized spacial score (nSPS) is 12.4. The molecule has 2 rings (SSSR count). The first kappa shape index (κ1) is 23.3. The van der Waals surface area contributed by atoms with Gasteiger partial charge in [0.25, 0.3) is 0 Å². The average molecular weight is 415 g/mol. The van der Waals surface area contributed by atoms with E-state index >= 15 is 0 Å². The van der Waals surface area contributed by atoms with Crippen LogP contribution in [0.1, 0.15) is 25.5 Å². The van der Waals surface area contributed by atoms with Gasteiger partial charge in [-0.3, -0.25) is 4.99 Å². The zero-order valence-electron chi connectivity index (χ0n) is 18.9. The monoisotopic (exact) mass is 414 g/mol. The van der Waals surface area contributed by atoms with Gasteiger partial charge >= 0.3 is 0 Å². The van der Waals surface area contributed by atoms with Crippen LogP contribution in [0.15, 0.2) is 47.5 Å². The molecule has 0 spiro atoms. The largest absolute Gasteiger partial charge is 0.497 e. The summed E-state index contributed by atoms with van der Waals surface area (Å²) < 4.78 is 16.4. The highest BCUT2D eigenvalue weighted by molar-refractivity contribution is 5.94. The third kappa shape index (κ3) is 6.56. The molecule has 164 valence electrons. The molecule has 0 bridgehead atoms. The molecule has 2 N–H and O–H groups in total. The fraction of sp³-hybridized carbons (Fsp3) is 0.435. The van der Waals surface area contributed by atoms with E-state index in [9.17, 15) is 0 Å². The Labute approximate surface area is 180 Å². The number of aliphatic imine (C=N–C) groups is 1. The molecule has 0 amide bonds. The second kappa shape index (κ2) is 11.9. The van der Waals surface area contributed by atoms with Crippen LogP contribution in [0.4, 0.5) is 5.69 Å². The molecule has 1 unspecified atom stereocenters. The van der Waals surface area contributed by atoms with Crippen LogP contribution in [0.3, 0.4) is 0 Å². The van der Waals surface area contributed by atoms with Crippen molar-refractivity contribution in [2.45, 2.75) is 19.9 Å². The van der Waals surface area contributed by atoms with Gasteiger partial charge in [-0.15, -0.1) is 0 Å². The quantitative estimate of drug-likeness (QED) is 0.456. The van der Waals surface area contributed by atoms with Crippen LogP contribution in [0.2, 0.25) is 0 Å². The molecule has 7 heteroatoms. The van der Waals surface area contributed by atoms with E-state index < -0.39 is 0 Å². The van der Waals surface area contributed by atoms with Crippen molar-refractivity contribution in [1.82, 2.24) is 10.2 Å². The lowest BCUT2D eigenvalue weighted by atomic mass is 10.1. The van der Waals surface area contributed by atoms with E-state index in [1.165, 1.54) is 0 Å². The maximum atomic E-state index is 5.68. The van der Waals surface area contributed by atoms with Gasteiger partial charge in [0.1, 0.15) is 5.75 Å². The van der Waals surface area contributed by atoms with Crippen molar-refractivity contribution in [2.75, 3.05) is 53.3 Å². The summed E-state index contributed by atoms with van der Waals surface area (Å²) in [6, 6.07) is 14.0. The van der Waals surface area contributed by atoms with Crippen molar-refractivity contribution in [2.24, 2.45) is 4.99 Å². The molecule has 0 aliphatic heterocycles. The van der Waals surface area contributed by atoms with Gasteiger partial charge < -0.3 is 29.7 Å². The summed E-state index contributed by atoms with van der Waals surface area (Å²) >= 11 is 0. The predicted octanol–water partition coefficient (Wildman–Crippen LogP) is 3.78. The van der Waals surface area contributed by atoms with Crippen molar-refractivity contribution in [1.29, 1.82) is 0 Å². The molecule has 0 heterocycles. The third-order valence-electron chi connectivity index (χ3n) is 4.59. The van der Waals surface area contributed by atoms with Crippen LogP contribution in [0.25, 0.3) is 0 Å². The van der Waals surface area contributed by atoms with Crippen LogP contribution in [0, 0.1) is 0 Å². The molecular formula is C23H34N4O3. The van der Waals surface area contributed by atoms with Gasteiger partial charge in [0.05, 0.1) is 33.4 Å². The number of anilines is 1. The number of ether oxygens (including phenoxy) is 3. The minimum atomic E-state index is 0.116. The number of hydrogen-bond donors (Lipinski definition) is 2. The number of likely N-dealkylation sites (N-methyl/N-ethyl adjacent to an activating group) is 1. The molecule has 0 aliphatic rings.